The molecule has 3 rings (SSSR count). The minimum Gasteiger partial charge on any atom is -0.444 e. The van der Waals surface area contributed by atoms with E-state index in [0.29, 0.717) is 31.0 Å². The van der Waals surface area contributed by atoms with Crippen LogP contribution in [0.2, 0.25) is 0 Å². The third-order valence-electron chi connectivity index (χ3n) is 4.13. The van der Waals surface area contributed by atoms with Gasteiger partial charge >= 0.3 is 6.09 Å². The van der Waals surface area contributed by atoms with Gasteiger partial charge in [0.1, 0.15) is 10.5 Å². The average Bonchev–Trinajstić information content (AvgIpc) is 3.07. The summed E-state index contributed by atoms with van der Waals surface area (Å²) in [5.74, 6) is 0.737. The maximum Gasteiger partial charge on any atom is 0.407 e. The first-order valence-corrected chi connectivity index (χ1v) is 9.76. The van der Waals surface area contributed by atoms with Gasteiger partial charge in [0.25, 0.3) is 10.0 Å². The molecule has 0 aliphatic carbocycles. The van der Waals surface area contributed by atoms with Gasteiger partial charge in [-0.3, -0.25) is 0 Å². The average molecular weight is 365 g/mol. The number of amides is 1. The summed E-state index contributed by atoms with van der Waals surface area (Å²) in [4.78, 5) is 14.0. The van der Waals surface area contributed by atoms with Crippen molar-refractivity contribution in [2.45, 2.75) is 37.7 Å². The molecule has 0 spiro atoms. The zero-order chi connectivity index (χ0) is 18.2. The highest BCUT2D eigenvalue weighted by atomic mass is 32.2. The van der Waals surface area contributed by atoms with E-state index in [2.05, 4.69) is 9.71 Å². The molecule has 2 heterocycles. The van der Waals surface area contributed by atoms with Gasteiger partial charge in [0.2, 0.25) is 0 Å². The summed E-state index contributed by atoms with van der Waals surface area (Å²) >= 11 is 0. The largest absolute Gasteiger partial charge is 0.444 e. The van der Waals surface area contributed by atoms with Crippen molar-refractivity contribution in [2.75, 3.05) is 19.6 Å². The number of amidine groups is 1. The highest BCUT2D eigenvalue weighted by Crippen LogP contribution is 2.29. The van der Waals surface area contributed by atoms with Gasteiger partial charge in [-0.25, -0.2) is 4.79 Å². The summed E-state index contributed by atoms with van der Waals surface area (Å²) < 4.78 is 33.5. The van der Waals surface area contributed by atoms with Gasteiger partial charge in [0.15, 0.2) is 5.84 Å². The van der Waals surface area contributed by atoms with Crippen molar-refractivity contribution >= 4 is 22.0 Å². The third-order valence-corrected chi connectivity index (χ3v) is 5.46. The number of nitrogens with one attached hydrogen (secondary N) is 1. The lowest BCUT2D eigenvalue weighted by molar-refractivity contribution is 0.0520. The van der Waals surface area contributed by atoms with Crippen molar-refractivity contribution in [3.63, 3.8) is 0 Å². The van der Waals surface area contributed by atoms with Gasteiger partial charge in [0, 0.05) is 25.2 Å². The highest BCUT2D eigenvalue weighted by Gasteiger charge is 2.34. The monoisotopic (exact) mass is 365 g/mol. The van der Waals surface area contributed by atoms with Crippen molar-refractivity contribution in [1.82, 2.24) is 10.2 Å². The van der Waals surface area contributed by atoms with Gasteiger partial charge < -0.3 is 15.0 Å². The van der Waals surface area contributed by atoms with Crippen molar-refractivity contribution in [3.8, 4) is 0 Å². The molecule has 2 aliphatic heterocycles. The predicted molar refractivity (Wildman–Crippen MR) is 94.1 cm³/mol. The Morgan fingerprint density at radius 1 is 1.36 bits per heavy atom. The number of alkyl carbamates (subject to hydrolysis) is 1. The van der Waals surface area contributed by atoms with Crippen LogP contribution in [-0.4, -0.2) is 50.5 Å². The Morgan fingerprint density at radius 3 is 2.80 bits per heavy atom. The van der Waals surface area contributed by atoms with Crippen molar-refractivity contribution in [3.05, 3.63) is 29.8 Å². The van der Waals surface area contributed by atoms with Gasteiger partial charge in [-0.05, 0) is 45.2 Å². The lowest BCUT2D eigenvalue weighted by Gasteiger charge is -2.21. The fourth-order valence-corrected chi connectivity index (χ4v) is 4.28. The van der Waals surface area contributed by atoms with Crippen molar-refractivity contribution < 1.29 is 17.9 Å². The van der Waals surface area contributed by atoms with Gasteiger partial charge in [-0.1, -0.05) is 12.1 Å². The minimum atomic E-state index is -3.60. The number of likely N-dealkylation sites (tertiary alicyclic amines) is 1. The normalized spacial score (nSPS) is 21.6. The zero-order valence-corrected chi connectivity index (χ0v) is 15.5. The summed E-state index contributed by atoms with van der Waals surface area (Å²) in [5, 5.41) is 2.78. The van der Waals surface area contributed by atoms with Crippen molar-refractivity contribution in [2.24, 2.45) is 10.3 Å². The predicted octanol–water partition coefficient (Wildman–Crippen LogP) is 1.98. The van der Waals surface area contributed by atoms with E-state index in [0.717, 1.165) is 6.42 Å². The van der Waals surface area contributed by atoms with Crippen LogP contribution in [0.3, 0.4) is 0 Å². The number of hydrogen-bond donors (Lipinski definition) is 1. The number of ether oxygens (including phenoxy) is 1. The Kier molecular flexibility index (Phi) is 4.49. The van der Waals surface area contributed by atoms with Gasteiger partial charge in [0.05, 0.1) is 0 Å². The number of benzene rings is 1. The molecule has 1 atom stereocenters. The molecule has 1 aromatic carbocycles. The number of carbonyl (C=O) groups is 1. The molecule has 0 bridgehead atoms. The lowest BCUT2D eigenvalue weighted by atomic mass is 10.1. The van der Waals surface area contributed by atoms with E-state index in [4.69, 9.17) is 4.74 Å². The molecular formula is C17H23N3O4S. The molecule has 136 valence electrons. The molecule has 1 N–H and O–H groups in total. The number of nitrogens with zero attached hydrogens (tertiary/aromatic N) is 2. The van der Waals surface area contributed by atoms with Crippen LogP contribution in [0.1, 0.15) is 32.8 Å². The van der Waals surface area contributed by atoms with E-state index in [1.807, 2.05) is 31.7 Å². The van der Waals surface area contributed by atoms with Crippen LogP contribution in [0.25, 0.3) is 0 Å². The molecule has 0 radical (unpaired) electrons. The first-order valence-electron chi connectivity index (χ1n) is 8.32. The molecule has 0 saturated carbocycles. The summed E-state index contributed by atoms with van der Waals surface area (Å²) in [6, 6.07) is 6.88. The standard InChI is InChI=1S/C17H23N3O4S/c1-17(2,3)24-16(21)18-10-12-8-9-20(11-12)15-13-6-4-5-7-14(13)25(22,23)19-15/h4-7,12H,8-11H2,1-3H3,(H,18,21)/t12-/m0/s1. The lowest BCUT2D eigenvalue weighted by Crippen LogP contribution is -2.36. The Labute approximate surface area is 148 Å². The number of hydrogen-bond acceptors (Lipinski definition) is 5. The quantitative estimate of drug-likeness (QED) is 0.866. The van der Waals surface area contributed by atoms with E-state index in [-0.39, 0.29) is 10.8 Å². The molecular weight excluding hydrogens is 342 g/mol. The van der Waals surface area contributed by atoms with Gasteiger partial charge in [-0.15, -0.1) is 4.40 Å². The Hall–Kier alpha value is -2.09. The van der Waals surface area contributed by atoms with E-state index >= 15 is 0 Å². The molecule has 0 unspecified atom stereocenters. The third kappa shape index (κ3) is 3.95. The van der Waals surface area contributed by atoms with Crippen LogP contribution < -0.4 is 5.32 Å². The Morgan fingerprint density at radius 2 is 2.08 bits per heavy atom. The molecule has 2 aliphatic rings. The van der Waals surface area contributed by atoms with E-state index in [1.54, 1.807) is 18.2 Å². The maximum atomic E-state index is 12.2. The molecule has 25 heavy (non-hydrogen) atoms. The molecule has 0 aromatic heterocycles. The topological polar surface area (TPSA) is 88.1 Å². The number of carbonyl (C=O) groups excluding carboxylic acids is 1. The minimum absolute atomic E-state index is 0.227. The van der Waals surface area contributed by atoms with Crippen LogP contribution in [0, 0.1) is 5.92 Å². The number of fused-ring (bicyclic) bond motifs is 1. The second-order valence-electron chi connectivity index (χ2n) is 7.37. The molecule has 1 aromatic rings. The highest BCUT2D eigenvalue weighted by molar-refractivity contribution is 7.90. The summed E-state index contributed by atoms with van der Waals surface area (Å²) in [6.07, 6.45) is 0.425. The smallest absolute Gasteiger partial charge is 0.407 e. The molecule has 8 heteroatoms. The molecule has 1 fully saturated rings. The Balaban J connectivity index is 1.62. The molecule has 7 nitrogen and oxygen atoms in total. The maximum absolute atomic E-state index is 12.2. The van der Waals surface area contributed by atoms with E-state index < -0.39 is 21.7 Å². The second-order valence-corrected chi connectivity index (χ2v) is 8.94. The number of rotatable bonds is 2. The van der Waals surface area contributed by atoms with Crippen LogP contribution >= 0.6 is 0 Å². The fraction of sp³-hybridized carbons (Fsp3) is 0.529. The Bertz CT molecular complexity index is 811. The number of sulfonamides is 1. The molecule has 1 saturated heterocycles. The summed E-state index contributed by atoms with van der Waals surface area (Å²) in [5.41, 5.74) is 0.130. The van der Waals surface area contributed by atoms with Crippen LogP contribution in [0.15, 0.2) is 33.6 Å². The summed E-state index contributed by atoms with van der Waals surface area (Å²) in [7, 11) is -3.60. The zero-order valence-electron chi connectivity index (χ0n) is 14.7. The molecule has 1 amide bonds. The first kappa shape index (κ1) is 17.7. The SMILES string of the molecule is CC(C)(C)OC(=O)NC[C@@H]1CCN(C2=NS(=O)(=O)c3ccccc32)C1. The van der Waals surface area contributed by atoms with Crippen molar-refractivity contribution in [1.29, 1.82) is 0 Å². The van der Waals surface area contributed by atoms with Crippen LogP contribution in [0.4, 0.5) is 4.79 Å². The fourth-order valence-electron chi connectivity index (χ4n) is 3.05. The summed E-state index contributed by atoms with van der Waals surface area (Å²) in [6.45, 7) is 7.31. The second kappa shape index (κ2) is 6.33. The first-order chi connectivity index (χ1) is 11.7. The van der Waals surface area contributed by atoms with E-state index in [1.165, 1.54) is 0 Å². The van der Waals surface area contributed by atoms with Crippen LogP contribution in [0.5, 0.6) is 0 Å². The van der Waals surface area contributed by atoms with Crippen LogP contribution in [-0.2, 0) is 14.8 Å². The van der Waals surface area contributed by atoms with Gasteiger partial charge in [-0.2, -0.15) is 8.42 Å². The van der Waals surface area contributed by atoms with E-state index in [9.17, 15) is 13.2 Å².